The molecule has 1 heteroatoms. The van der Waals surface area contributed by atoms with Gasteiger partial charge in [0.05, 0.1) is 12.9 Å². The van der Waals surface area contributed by atoms with Crippen molar-refractivity contribution in [3.8, 4) is 0 Å². The van der Waals surface area contributed by atoms with Gasteiger partial charge in [0.25, 0.3) is 0 Å². The van der Waals surface area contributed by atoms with Gasteiger partial charge >= 0.3 is 0 Å². The molecule has 0 aliphatic heterocycles. The van der Waals surface area contributed by atoms with Crippen LogP contribution in [-0.2, 0) is 4.74 Å². The Morgan fingerprint density at radius 3 is 3.00 bits per heavy atom. The van der Waals surface area contributed by atoms with Crippen molar-refractivity contribution in [1.82, 2.24) is 0 Å². The van der Waals surface area contributed by atoms with E-state index < -0.39 is 0 Å². The van der Waals surface area contributed by atoms with E-state index in [1.54, 1.807) is 6.26 Å². The highest BCUT2D eigenvalue weighted by Gasteiger charge is 2.18. The molecule has 0 amide bonds. The second kappa shape index (κ2) is 4.42. The van der Waals surface area contributed by atoms with Gasteiger partial charge in [-0.05, 0) is 24.7 Å². The minimum Gasteiger partial charge on any atom is -0.502 e. The van der Waals surface area contributed by atoms with Gasteiger partial charge in [0.15, 0.2) is 0 Å². The molecule has 0 aromatic carbocycles. The molecule has 2 atom stereocenters. The molecule has 1 fully saturated rings. The maximum Gasteiger partial charge on any atom is 0.0901 e. The van der Waals surface area contributed by atoms with Crippen LogP contribution < -0.4 is 0 Å². The van der Waals surface area contributed by atoms with E-state index in [9.17, 15) is 0 Å². The fourth-order valence-corrected chi connectivity index (χ4v) is 1.92. The average molecular weight is 154 g/mol. The average Bonchev–Trinajstić information content (AvgIpc) is 2.01. The SMILES string of the molecule is C=COCC1CCCC(C)C1. The predicted molar refractivity (Wildman–Crippen MR) is 47.3 cm³/mol. The molecule has 0 heterocycles. The lowest BCUT2D eigenvalue weighted by Gasteiger charge is -2.25. The minimum absolute atomic E-state index is 0.789. The Labute approximate surface area is 69.4 Å². The molecular formula is C10H18O. The first kappa shape index (κ1) is 8.63. The lowest BCUT2D eigenvalue weighted by molar-refractivity contribution is 0.148. The van der Waals surface area contributed by atoms with Gasteiger partial charge in [-0.25, -0.2) is 0 Å². The normalized spacial score (nSPS) is 31.4. The summed E-state index contributed by atoms with van der Waals surface area (Å²) in [7, 11) is 0. The Kier molecular flexibility index (Phi) is 3.47. The molecule has 0 spiro atoms. The highest BCUT2D eigenvalue weighted by atomic mass is 16.5. The van der Waals surface area contributed by atoms with E-state index in [0.29, 0.717) is 0 Å². The zero-order valence-corrected chi connectivity index (χ0v) is 7.38. The van der Waals surface area contributed by atoms with Gasteiger partial charge in [0, 0.05) is 0 Å². The summed E-state index contributed by atoms with van der Waals surface area (Å²) in [4.78, 5) is 0. The Balaban J connectivity index is 2.17. The molecule has 1 aliphatic carbocycles. The van der Waals surface area contributed by atoms with Crippen LogP contribution in [0.25, 0.3) is 0 Å². The topological polar surface area (TPSA) is 9.23 Å². The molecule has 0 radical (unpaired) electrons. The summed E-state index contributed by atoms with van der Waals surface area (Å²) in [6, 6.07) is 0. The van der Waals surface area contributed by atoms with Crippen molar-refractivity contribution < 1.29 is 4.74 Å². The summed E-state index contributed by atoms with van der Waals surface area (Å²) >= 11 is 0. The Bertz CT molecular complexity index is 120. The number of hydrogen-bond acceptors (Lipinski definition) is 1. The second-order valence-electron chi connectivity index (χ2n) is 3.64. The van der Waals surface area contributed by atoms with E-state index in [1.807, 2.05) is 0 Å². The van der Waals surface area contributed by atoms with Gasteiger partial charge in [0.1, 0.15) is 0 Å². The minimum atomic E-state index is 0.789. The molecular weight excluding hydrogens is 136 g/mol. The van der Waals surface area contributed by atoms with E-state index in [2.05, 4.69) is 13.5 Å². The van der Waals surface area contributed by atoms with Crippen LogP contribution in [-0.4, -0.2) is 6.61 Å². The molecule has 2 unspecified atom stereocenters. The molecule has 11 heavy (non-hydrogen) atoms. The summed E-state index contributed by atoms with van der Waals surface area (Å²) in [6.45, 7) is 6.76. The van der Waals surface area contributed by atoms with Crippen LogP contribution in [0.1, 0.15) is 32.6 Å². The van der Waals surface area contributed by atoms with Crippen LogP contribution in [0.4, 0.5) is 0 Å². The molecule has 0 aromatic heterocycles. The quantitative estimate of drug-likeness (QED) is 0.568. The van der Waals surface area contributed by atoms with Gasteiger partial charge in [0.2, 0.25) is 0 Å². The van der Waals surface area contributed by atoms with Crippen LogP contribution in [0.3, 0.4) is 0 Å². The summed E-state index contributed by atoms with van der Waals surface area (Å²) in [5.74, 6) is 1.69. The van der Waals surface area contributed by atoms with Crippen molar-refractivity contribution in [2.24, 2.45) is 11.8 Å². The monoisotopic (exact) mass is 154 g/mol. The predicted octanol–water partition coefficient (Wildman–Crippen LogP) is 2.97. The van der Waals surface area contributed by atoms with Crippen molar-refractivity contribution in [3.05, 3.63) is 12.8 Å². The molecule has 0 aromatic rings. The first-order chi connectivity index (χ1) is 5.33. The Morgan fingerprint density at radius 1 is 1.55 bits per heavy atom. The standard InChI is InChI=1S/C10H18O/c1-3-11-8-10-6-4-5-9(2)7-10/h3,9-10H,1,4-8H2,2H3. The third kappa shape index (κ3) is 2.96. The summed E-state index contributed by atoms with van der Waals surface area (Å²) in [5.41, 5.74) is 0. The molecule has 0 N–H and O–H groups in total. The fraction of sp³-hybridized carbons (Fsp3) is 0.800. The van der Waals surface area contributed by atoms with Crippen molar-refractivity contribution in [1.29, 1.82) is 0 Å². The third-order valence-corrected chi connectivity index (χ3v) is 2.49. The van der Waals surface area contributed by atoms with Crippen LogP contribution in [0.2, 0.25) is 0 Å². The first-order valence-electron chi connectivity index (χ1n) is 4.55. The number of rotatable bonds is 3. The zero-order chi connectivity index (χ0) is 8.10. The van der Waals surface area contributed by atoms with E-state index in [4.69, 9.17) is 4.74 Å². The van der Waals surface area contributed by atoms with Gasteiger partial charge in [-0.3, -0.25) is 0 Å². The Morgan fingerprint density at radius 2 is 2.36 bits per heavy atom. The summed E-state index contributed by atoms with van der Waals surface area (Å²) in [5, 5.41) is 0. The van der Waals surface area contributed by atoms with Crippen LogP contribution in [0.5, 0.6) is 0 Å². The third-order valence-electron chi connectivity index (χ3n) is 2.49. The number of hydrogen-bond donors (Lipinski definition) is 0. The molecule has 1 nitrogen and oxygen atoms in total. The van der Waals surface area contributed by atoms with Crippen molar-refractivity contribution in [2.45, 2.75) is 32.6 Å². The van der Waals surface area contributed by atoms with E-state index in [0.717, 1.165) is 18.4 Å². The molecule has 0 bridgehead atoms. The lowest BCUT2D eigenvalue weighted by atomic mass is 9.83. The highest BCUT2D eigenvalue weighted by Crippen LogP contribution is 2.28. The van der Waals surface area contributed by atoms with Crippen molar-refractivity contribution in [2.75, 3.05) is 6.61 Å². The molecule has 0 saturated heterocycles. The largest absolute Gasteiger partial charge is 0.502 e. The van der Waals surface area contributed by atoms with E-state index >= 15 is 0 Å². The highest BCUT2D eigenvalue weighted by molar-refractivity contribution is 4.70. The van der Waals surface area contributed by atoms with E-state index in [-0.39, 0.29) is 0 Å². The molecule has 64 valence electrons. The van der Waals surface area contributed by atoms with Gasteiger partial charge < -0.3 is 4.74 Å². The van der Waals surface area contributed by atoms with Gasteiger partial charge in [-0.1, -0.05) is 26.3 Å². The van der Waals surface area contributed by atoms with Crippen LogP contribution in [0.15, 0.2) is 12.8 Å². The van der Waals surface area contributed by atoms with Crippen molar-refractivity contribution >= 4 is 0 Å². The van der Waals surface area contributed by atoms with Crippen LogP contribution in [0, 0.1) is 11.8 Å². The number of ether oxygens (including phenoxy) is 1. The molecule has 1 saturated carbocycles. The first-order valence-corrected chi connectivity index (χ1v) is 4.55. The van der Waals surface area contributed by atoms with Crippen molar-refractivity contribution in [3.63, 3.8) is 0 Å². The fourth-order valence-electron chi connectivity index (χ4n) is 1.92. The van der Waals surface area contributed by atoms with E-state index in [1.165, 1.54) is 25.7 Å². The lowest BCUT2D eigenvalue weighted by Crippen LogP contribution is -2.17. The summed E-state index contributed by atoms with van der Waals surface area (Å²) < 4.78 is 5.19. The maximum atomic E-state index is 5.19. The smallest absolute Gasteiger partial charge is 0.0901 e. The zero-order valence-electron chi connectivity index (χ0n) is 7.38. The Hall–Kier alpha value is -0.460. The van der Waals surface area contributed by atoms with Gasteiger partial charge in [-0.2, -0.15) is 0 Å². The second-order valence-corrected chi connectivity index (χ2v) is 3.64. The van der Waals surface area contributed by atoms with Crippen LogP contribution >= 0.6 is 0 Å². The van der Waals surface area contributed by atoms with Gasteiger partial charge in [-0.15, -0.1) is 0 Å². The summed E-state index contributed by atoms with van der Waals surface area (Å²) in [6.07, 6.45) is 7.03. The maximum absolute atomic E-state index is 5.19. The molecule has 1 aliphatic rings. The molecule has 1 rings (SSSR count).